The topological polar surface area (TPSA) is 55.1 Å². The maximum atomic E-state index is 13.5. The molecule has 2 rings (SSSR count). The van der Waals surface area contributed by atoms with Crippen LogP contribution in [0, 0.1) is 12.7 Å². The van der Waals surface area contributed by atoms with Crippen LogP contribution in [-0.2, 0) is 6.42 Å². The molecule has 0 saturated heterocycles. The summed E-state index contributed by atoms with van der Waals surface area (Å²) in [6.07, 6.45) is 0.621. The zero-order valence-corrected chi connectivity index (χ0v) is 10.1. The molecule has 4 nitrogen and oxygen atoms in total. The van der Waals surface area contributed by atoms with Crippen molar-refractivity contribution in [3.05, 3.63) is 47.0 Å². The van der Waals surface area contributed by atoms with Gasteiger partial charge in [0.2, 0.25) is 0 Å². The molecule has 1 N–H and O–H groups in total. The minimum Gasteiger partial charge on any atom is -0.476 e. The summed E-state index contributed by atoms with van der Waals surface area (Å²) in [5, 5.41) is 12.9. The lowest BCUT2D eigenvalue weighted by molar-refractivity contribution is 0.0690. The van der Waals surface area contributed by atoms with Crippen molar-refractivity contribution in [3.8, 4) is 5.69 Å². The molecule has 0 fully saturated rings. The van der Waals surface area contributed by atoms with Gasteiger partial charge in [-0.2, -0.15) is 5.10 Å². The monoisotopic (exact) mass is 248 g/mol. The third-order valence-corrected chi connectivity index (χ3v) is 2.76. The summed E-state index contributed by atoms with van der Waals surface area (Å²) in [4.78, 5) is 10.9. The fraction of sp³-hybridized carbons (Fsp3) is 0.231. The Hall–Kier alpha value is -2.17. The molecule has 0 saturated carbocycles. The quantitative estimate of drug-likeness (QED) is 0.908. The summed E-state index contributed by atoms with van der Waals surface area (Å²) in [7, 11) is 0. The van der Waals surface area contributed by atoms with Crippen LogP contribution in [0.1, 0.15) is 28.7 Å². The highest BCUT2D eigenvalue weighted by atomic mass is 19.1. The number of carbonyl (C=O) groups is 1. The van der Waals surface area contributed by atoms with E-state index in [9.17, 15) is 9.18 Å². The SMILES string of the molecule is CCc1cc(C(=O)O)nn1-c1ccc(C)c(F)c1. The third kappa shape index (κ3) is 2.11. The van der Waals surface area contributed by atoms with Gasteiger partial charge in [0.1, 0.15) is 5.82 Å². The van der Waals surface area contributed by atoms with Crippen molar-refractivity contribution in [1.29, 1.82) is 0 Å². The maximum absolute atomic E-state index is 13.5. The van der Waals surface area contributed by atoms with Crippen LogP contribution in [0.5, 0.6) is 0 Å². The van der Waals surface area contributed by atoms with Gasteiger partial charge in [-0.3, -0.25) is 0 Å². The molecule has 0 aliphatic rings. The van der Waals surface area contributed by atoms with Gasteiger partial charge in [0, 0.05) is 5.69 Å². The number of hydrogen-bond acceptors (Lipinski definition) is 2. The number of aromatic carboxylic acids is 1. The molecule has 0 aliphatic heterocycles. The summed E-state index contributed by atoms with van der Waals surface area (Å²) in [6.45, 7) is 3.56. The highest BCUT2D eigenvalue weighted by Gasteiger charge is 2.13. The zero-order valence-electron chi connectivity index (χ0n) is 10.1. The minimum atomic E-state index is -1.09. The van der Waals surface area contributed by atoms with E-state index in [1.54, 1.807) is 19.1 Å². The molecule has 0 unspecified atom stereocenters. The van der Waals surface area contributed by atoms with Crippen LogP contribution in [0.25, 0.3) is 5.69 Å². The van der Waals surface area contributed by atoms with Crippen molar-refractivity contribution < 1.29 is 14.3 Å². The third-order valence-electron chi connectivity index (χ3n) is 2.76. The highest BCUT2D eigenvalue weighted by molar-refractivity contribution is 5.85. The van der Waals surface area contributed by atoms with E-state index in [1.165, 1.54) is 16.8 Å². The smallest absolute Gasteiger partial charge is 0.356 e. The predicted molar refractivity (Wildman–Crippen MR) is 64.6 cm³/mol. The highest BCUT2D eigenvalue weighted by Crippen LogP contribution is 2.16. The first-order valence-electron chi connectivity index (χ1n) is 5.61. The Kier molecular flexibility index (Phi) is 3.14. The molecule has 2 aromatic rings. The summed E-state index contributed by atoms with van der Waals surface area (Å²) in [6, 6.07) is 6.22. The summed E-state index contributed by atoms with van der Waals surface area (Å²) in [5.74, 6) is -1.42. The molecule has 0 spiro atoms. The summed E-state index contributed by atoms with van der Waals surface area (Å²) in [5.41, 5.74) is 1.77. The van der Waals surface area contributed by atoms with Crippen molar-refractivity contribution in [2.24, 2.45) is 0 Å². The molecule has 0 bridgehead atoms. The molecule has 0 aliphatic carbocycles. The Bertz CT molecular complexity index is 605. The van der Waals surface area contributed by atoms with Gasteiger partial charge < -0.3 is 5.11 Å². The summed E-state index contributed by atoms with van der Waals surface area (Å²) >= 11 is 0. The number of carboxylic acids is 1. The number of carboxylic acid groups (broad SMARTS) is 1. The lowest BCUT2D eigenvalue weighted by atomic mass is 10.2. The lowest BCUT2D eigenvalue weighted by Crippen LogP contribution is -2.04. The van der Waals surface area contributed by atoms with Gasteiger partial charge in [0.05, 0.1) is 5.69 Å². The van der Waals surface area contributed by atoms with E-state index in [2.05, 4.69) is 5.10 Å². The molecule has 0 atom stereocenters. The Morgan fingerprint density at radius 3 is 2.72 bits per heavy atom. The molecule has 0 amide bonds. The van der Waals surface area contributed by atoms with Gasteiger partial charge >= 0.3 is 5.97 Å². The molecule has 1 heterocycles. The molecule has 18 heavy (non-hydrogen) atoms. The van der Waals surface area contributed by atoms with Crippen molar-refractivity contribution in [3.63, 3.8) is 0 Å². The van der Waals surface area contributed by atoms with E-state index in [-0.39, 0.29) is 11.5 Å². The molecule has 5 heteroatoms. The number of hydrogen-bond donors (Lipinski definition) is 1. The van der Waals surface area contributed by atoms with Crippen LogP contribution < -0.4 is 0 Å². The van der Waals surface area contributed by atoms with Crippen molar-refractivity contribution in [2.45, 2.75) is 20.3 Å². The first-order valence-corrected chi connectivity index (χ1v) is 5.61. The van der Waals surface area contributed by atoms with Crippen molar-refractivity contribution in [1.82, 2.24) is 9.78 Å². The van der Waals surface area contributed by atoms with Crippen LogP contribution in [0.4, 0.5) is 4.39 Å². The summed E-state index contributed by atoms with van der Waals surface area (Å²) < 4.78 is 15.0. The first kappa shape index (κ1) is 12.3. The van der Waals surface area contributed by atoms with Crippen LogP contribution >= 0.6 is 0 Å². The van der Waals surface area contributed by atoms with Crippen LogP contribution in [-0.4, -0.2) is 20.9 Å². The molecule has 1 aromatic carbocycles. The molecule has 1 aromatic heterocycles. The molecular weight excluding hydrogens is 235 g/mol. The Morgan fingerprint density at radius 1 is 1.44 bits per heavy atom. The van der Waals surface area contributed by atoms with E-state index in [0.717, 1.165) is 5.69 Å². The fourth-order valence-electron chi connectivity index (χ4n) is 1.71. The maximum Gasteiger partial charge on any atom is 0.356 e. The van der Waals surface area contributed by atoms with E-state index in [1.807, 2.05) is 6.92 Å². The van der Waals surface area contributed by atoms with Gasteiger partial charge in [-0.1, -0.05) is 13.0 Å². The van der Waals surface area contributed by atoms with Gasteiger partial charge in [-0.15, -0.1) is 0 Å². The van der Waals surface area contributed by atoms with Gasteiger partial charge in [-0.25, -0.2) is 13.9 Å². The second-order valence-corrected chi connectivity index (χ2v) is 4.02. The second-order valence-electron chi connectivity index (χ2n) is 4.02. The largest absolute Gasteiger partial charge is 0.476 e. The average molecular weight is 248 g/mol. The molecule has 94 valence electrons. The number of aromatic nitrogens is 2. The average Bonchev–Trinajstić information content (AvgIpc) is 2.77. The fourth-order valence-corrected chi connectivity index (χ4v) is 1.71. The second kappa shape index (κ2) is 4.60. The van der Waals surface area contributed by atoms with Crippen LogP contribution in [0.3, 0.4) is 0 Å². The molecule has 0 radical (unpaired) electrons. The van der Waals surface area contributed by atoms with E-state index < -0.39 is 5.97 Å². The van der Waals surface area contributed by atoms with Gasteiger partial charge in [-0.05, 0) is 37.1 Å². The van der Waals surface area contributed by atoms with Gasteiger partial charge in [0.15, 0.2) is 5.69 Å². The number of nitrogens with zero attached hydrogens (tertiary/aromatic N) is 2. The van der Waals surface area contributed by atoms with Crippen molar-refractivity contribution >= 4 is 5.97 Å². The van der Waals surface area contributed by atoms with E-state index in [4.69, 9.17) is 5.11 Å². The number of aryl methyl sites for hydroxylation is 2. The van der Waals surface area contributed by atoms with Gasteiger partial charge in [0.25, 0.3) is 0 Å². The van der Waals surface area contributed by atoms with Crippen molar-refractivity contribution in [2.75, 3.05) is 0 Å². The standard InChI is InChI=1S/C13H13FN2O2/c1-3-9-7-12(13(17)18)15-16(9)10-5-4-8(2)11(14)6-10/h4-7H,3H2,1-2H3,(H,17,18). The van der Waals surface area contributed by atoms with E-state index >= 15 is 0 Å². The Morgan fingerprint density at radius 2 is 2.17 bits per heavy atom. The lowest BCUT2D eigenvalue weighted by Gasteiger charge is -2.06. The Balaban J connectivity index is 2.55. The van der Waals surface area contributed by atoms with Crippen LogP contribution in [0.2, 0.25) is 0 Å². The zero-order chi connectivity index (χ0) is 13.3. The normalized spacial score (nSPS) is 10.6. The Labute approximate surface area is 104 Å². The predicted octanol–water partition coefficient (Wildman–Crippen LogP) is 2.58. The number of benzene rings is 1. The van der Waals surface area contributed by atoms with E-state index in [0.29, 0.717) is 17.7 Å². The molecular formula is C13H13FN2O2. The minimum absolute atomic E-state index is 0.0344. The van der Waals surface area contributed by atoms with Crippen LogP contribution in [0.15, 0.2) is 24.3 Å². The number of rotatable bonds is 3. The number of halogens is 1. The first-order chi connectivity index (χ1) is 8.52.